The third-order valence-corrected chi connectivity index (χ3v) is 5.74. The largest absolute Gasteiger partial charge is 0.497 e. The molecule has 0 spiro atoms. The van der Waals surface area contributed by atoms with Crippen molar-refractivity contribution in [2.75, 3.05) is 7.11 Å². The number of nitrogens with zero attached hydrogens (tertiary/aromatic N) is 2. The predicted octanol–water partition coefficient (Wildman–Crippen LogP) is 4.84. The topological polar surface area (TPSA) is 67.0 Å². The van der Waals surface area contributed by atoms with E-state index in [4.69, 9.17) is 4.74 Å². The van der Waals surface area contributed by atoms with E-state index in [2.05, 4.69) is 35.9 Å². The molecule has 1 saturated carbocycles. The Morgan fingerprint density at radius 1 is 1.24 bits per heavy atom. The van der Waals surface area contributed by atoms with Crippen LogP contribution in [-0.4, -0.2) is 17.6 Å². The van der Waals surface area contributed by atoms with Crippen molar-refractivity contribution in [2.45, 2.75) is 58.5 Å². The Bertz CT molecular complexity index is 926. The number of amides is 1. The summed E-state index contributed by atoms with van der Waals surface area (Å²) in [4.78, 5) is 12.5. The predicted molar refractivity (Wildman–Crippen MR) is 114 cm³/mol. The molecular weight excluding hydrogens is 362 g/mol. The number of rotatable bonds is 6. The first kappa shape index (κ1) is 20.7. The maximum absolute atomic E-state index is 12.5. The molecule has 1 amide bonds. The number of aryl methyl sites for hydroxylation is 1. The molecular formula is C24H29N3O2. The Morgan fingerprint density at radius 3 is 2.55 bits per heavy atom. The fourth-order valence-electron chi connectivity index (χ4n) is 4.17. The molecule has 152 valence electrons. The van der Waals surface area contributed by atoms with E-state index in [1.54, 1.807) is 13.2 Å². The molecule has 1 aliphatic rings. The third-order valence-electron chi connectivity index (χ3n) is 5.74. The zero-order valence-electron chi connectivity index (χ0n) is 17.5. The second-order valence-electron chi connectivity index (χ2n) is 7.69. The molecule has 1 fully saturated rings. The summed E-state index contributed by atoms with van der Waals surface area (Å²) in [7, 11) is 1.62. The molecule has 0 saturated heterocycles. The molecule has 1 aromatic heterocycles. The number of aromatic nitrogens is 1. The minimum Gasteiger partial charge on any atom is -0.497 e. The molecule has 0 radical (unpaired) electrons. The summed E-state index contributed by atoms with van der Waals surface area (Å²) >= 11 is 0. The molecule has 1 aromatic carbocycles. The van der Waals surface area contributed by atoms with E-state index in [1.807, 2.05) is 24.3 Å². The van der Waals surface area contributed by atoms with Crippen molar-refractivity contribution in [1.29, 1.82) is 5.26 Å². The van der Waals surface area contributed by atoms with Gasteiger partial charge in [-0.1, -0.05) is 31.4 Å². The van der Waals surface area contributed by atoms with E-state index < -0.39 is 0 Å². The molecule has 1 N–H and O–H groups in total. The zero-order chi connectivity index (χ0) is 20.8. The van der Waals surface area contributed by atoms with Crippen molar-refractivity contribution in [3.8, 4) is 11.8 Å². The number of nitriles is 1. The Kier molecular flexibility index (Phi) is 6.77. The second-order valence-corrected chi connectivity index (χ2v) is 7.69. The fourth-order valence-corrected chi connectivity index (χ4v) is 4.17. The fraction of sp³-hybridized carbons (Fsp3) is 0.417. The quantitative estimate of drug-likeness (QED) is 0.566. The highest BCUT2D eigenvalue weighted by atomic mass is 16.5. The monoisotopic (exact) mass is 391 g/mol. The van der Waals surface area contributed by atoms with Crippen molar-refractivity contribution < 1.29 is 9.53 Å². The van der Waals surface area contributed by atoms with Crippen LogP contribution in [-0.2, 0) is 11.3 Å². The Labute approximate surface area is 173 Å². The summed E-state index contributed by atoms with van der Waals surface area (Å²) in [5.74, 6) is 0.414. The summed E-state index contributed by atoms with van der Waals surface area (Å²) in [5, 5.41) is 12.4. The summed E-state index contributed by atoms with van der Waals surface area (Å²) in [6.45, 7) is 4.55. The van der Waals surface area contributed by atoms with Crippen LogP contribution in [0.15, 0.2) is 35.9 Å². The summed E-state index contributed by atoms with van der Waals surface area (Å²) in [5.41, 5.74) is 4.35. The van der Waals surface area contributed by atoms with E-state index in [0.29, 0.717) is 12.6 Å². The highest BCUT2D eigenvalue weighted by Crippen LogP contribution is 2.32. The van der Waals surface area contributed by atoms with Gasteiger partial charge < -0.3 is 14.6 Å². The van der Waals surface area contributed by atoms with Gasteiger partial charge in [-0.15, -0.1) is 0 Å². The Hall–Kier alpha value is -3.00. The summed E-state index contributed by atoms with van der Waals surface area (Å²) < 4.78 is 7.53. The van der Waals surface area contributed by atoms with Gasteiger partial charge in [0.1, 0.15) is 17.4 Å². The van der Waals surface area contributed by atoms with Crippen LogP contribution < -0.4 is 10.1 Å². The highest BCUT2D eigenvalue weighted by Gasteiger charge is 2.20. The third kappa shape index (κ3) is 4.89. The molecule has 29 heavy (non-hydrogen) atoms. The molecule has 1 heterocycles. The van der Waals surface area contributed by atoms with Gasteiger partial charge in [0.25, 0.3) is 5.91 Å². The van der Waals surface area contributed by atoms with Gasteiger partial charge in [0.2, 0.25) is 0 Å². The molecule has 0 bridgehead atoms. The Balaban J connectivity index is 1.73. The summed E-state index contributed by atoms with van der Waals surface area (Å²) in [6.07, 6.45) is 7.97. The molecule has 0 unspecified atom stereocenters. The van der Waals surface area contributed by atoms with Crippen molar-refractivity contribution >= 4 is 12.0 Å². The van der Waals surface area contributed by atoms with Crippen LogP contribution in [0.4, 0.5) is 0 Å². The van der Waals surface area contributed by atoms with Gasteiger partial charge in [-0.2, -0.15) is 5.26 Å². The van der Waals surface area contributed by atoms with E-state index >= 15 is 0 Å². The van der Waals surface area contributed by atoms with Crippen molar-refractivity contribution in [3.63, 3.8) is 0 Å². The van der Waals surface area contributed by atoms with E-state index in [0.717, 1.165) is 22.6 Å². The molecule has 1 aliphatic carbocycles. The minimum atomic E-state index is -0.356. The molecule has 5 heteroatoms. The number of benzene rings is 1. The molecule has 3 rings (SSSR count). The first-order valence-electron chi connectivity index (χ1n) is 10.2. The van der Waals surface area contributed by atoms with Gasteiger partial charge in [0.15, 0.2) is 0 Å². The van der Waals surface area contributed by atoms with Gasteiger partial charge >= 0.3 is 0 Å². The van der Waals surface area contributed by atoms with Crippen LogP contribution in [0.25, 0.3) is 6.08 Å². The Morgan fingerprint density at radius 2 is 1.93 bits per heavy atom. The molecule has 0 aliphatic heterocycles. The number of carbonyl (C=O) groups is 1. The van der Waals surface area contributed by atoms with Crippen LogP contribution in [0.3, 0.4) is 0 Å². The van der Waals surface area contributed by atoms with Gasteiger partial charge in [0, 0.05) is 24.0 Å². The number of hydrogen-bond acceptors (Lipinski definition) is 3. The number of methoxy groups -OCH3 is 1. The maximum Gasteiger partial charge on any atom is 0.262 e. The number of hydrogen-bond donors (Lipinski definition) is 1. The lowest BCUT2D eigenvalue weighted by molar-refractivity contribution is -0.117. The number of carbonyl (C=O) groups excluding carboxylic acids is 1. The average molecular weight is 392 g/mol. The lowest BCUT2D eigenvalue weighted by Crippen LogP contribution is -2.23. The van der Waals surface area contributed by atoms with Crippen molar-refractivity contribution in [1.82, 2.24) is 9.88 Å². The molecule has 2 aromatic rings. The number of nitrogens with one attached hydrogen (secondary N) is 1. The van der Waals surface area contributed by atoms with Crippen molar-refractivity contribution in [3.05, 3.63) is 58.4 Å². The van der Waals surface area contributed by atoms with Crippen LogP contribution in [0.1, 0.15) is 60.7 Å². The smallest absolute Gasteiger partial charge is 0.262 e. The van der Waals surface area contributed by atoms with Gasteiger partial charge in [-0.3, -0.25) is 4.79 Å². The van der Waals surface area contributed by atoms with Gasteiger partial charge in [0.05, 0.1) is 7.11 Å². The SMILES string of the molecule is COc1ccc(CNC(=O)/C(C#N)=C/c2cc(C)n(C3CCCCC3)c2C)cc1. The second kappa shape index (κ2) is 9.47. The molecule has 0 atom stereocenters. The van der Waals surface area contributed by atoms with Crippen LogP contribution in [0, 0.1) is 25.2 Å². The van der Waals surface area contributed by atoms with Crippen LogP contribution >= 0.6 is 0 Å². The van der Waals surface area contributed by atoms with Gasteiger partial charge in [-0.25, -0.2) is 0 Å². The highest BCUT2D eigenvalue weighted by molar-refractivity contribution is 6.01. The van der Waals surface area contributed by atoms with Crippen LogP contribution in [0.2, 0.25) is 0 Å². The minimum absolute atomic E-state index is 0.127. The first-order valence-corrected chi connectivity index (χ1v) is 10.2. The lowest BCUT2D eigenvalue weighted by Gasteiger charge is -2.26. The van der Waals surface area contributed by atoms with E-state index in [-0.39, 0.29) is 11.5 Å². The van der Waals surface area contributed by atoms with E-state index in [9.17, 15) is 10.1 Å². The average Bonchev–Trinajstić information content (AvgIpc) is 3.04. The standard InChI is InChI=1S/C24H29N3O2/c1-17-13-20(18(2)27(17)22-7-5-4-6-8-22)14-21(15-25)24(28)26-16-19-9-11-23(29-3)12-10-19/h9-14,22H,4-8,16H2,1-3H3,(H,26,28)/b21-14+. The zero-order valence-corrected chi connectivity index (χ0v) is 17.5. The van der Waals surface area contributed by atoms with Crippen LogP contribution in [0.5, 0.6) is 5.75 Å². The molecule has 5 nitrogen and oxygen atoms in total. The van der Waals surface area contributed by atoms with E-state index in [1.165, 1.54) is 37.8 Å². The van der Waals surface area contributed by atoms with Gasteiger partial charge in [-0.05, 0) is 62.1 Å². The number of ether oxygens (including phenoxy) is 1. The lowest BCUT2D eigenvalue weighted by atomic mass is 9.95. The maximum atomic E-state index is 12.5. The summed E-state index contributed by atoms with van der Waals surface area (Å²) in [6, 6.07) is 12.2. The van der Waals surface area contributed by atoms with Crippen molar-refractivity contribution in [2.24, 2.45) is 0 Å². The normalized spacial score (nSPS) is 15.0. The first-order chi connectivity index (χ1) is 14.0.